The second kappa shape index (κ2) is 5.10. The predicted molar refractivity (Wildman–Crippen MR) is 67.1 cm³/mol. The zero-order valence-corrected chi connectivity index (χ0v) is 11.1. The van der Waals surface area contributed by atoms with E-state index in [1.165, 1.54) is 0 Å². The van der Waals surface area contributed by atoms with E-state index < -0.39 is 0 Å². The van der Waals surface area contributed by atoms with Crippen molar-refractivity contribution in [3.8, 4) is 0 Å². The molecule has 0 bridgehead atoms. The summed E-state index contributed by atoms with van der Waals surface area (Å²) in [5.74, 6) is 0.995. The maximum absolute atomic E-state index is 5.69. The highest BCUT2D eigenvalue weighted by molar-refractivity contribution is 9.09. The van der Waals surface area contributed by atoms with Gasteiger partial charge in [-0.25, -0.2) is 9.97 Å². The maximum atomic E-state index is 5.69. The highest BCUT2D eigenvalue weighted by atomic mass is 79.9. The number of halogens is 1. The van der Waals surface area contributed by atoms with Crippen LogP contribution in [0.4, 0.5) is 5.82 Å². The fourth-order valence-electron chi connectivity index (χ4n) is 1.83. The molecule has 0 saturated carbocycles. The minimum atomic E-state index is 0.242. The van der Waals surface area contributed by atoms with Gasteiger partial charge in [-0.15, -0.1) is 0 Å². The topological polar surface area (TPSA) is 38.2 Å². The summed E-state index contributed by atoms with van der Waals surface area (Å²) in [4.78, 5) is 10.7. The minimum Gasteiger partial charge on any atom is -0.373 e. The quantitative estimate of drug-likeness (QED) is 0.777. The van der Waals surface area contributed by atoms with Crippen molar-refractivity contribution in [2.75, 3.05) is 23.4 Å². The molecule has 2 unspecified atom stereocenters. The molecule has 0 spiro atoms. The van der Waals surface area contributed by atoms with Crippen LogP contribution in [0.15, 0.2) is 12.4 Å². The van der Waals surface area contributed by atoms with E-state index in [1.807, 2.05) is 13.0 Å². The second-order valence-electron chi connectivity index (χ2n) is 4.13. The van der Waals surface area contributed by atoms with Crippen LogP contribution in [-0.4, -0.2) is 40.6 Å². The third kappa shape index (κ3) is 2.52. The van der Waals surface area contributed by atoms with E-state index in [-0.39, 0.29) is 6.10 Å². The second-order valence-corrected chi connectivity index (χ2v) is 4.78. The van der Waals surface area contributed by atoms with E-state index in [2.05, 4.69) is 37.7 Å². The Morgan fingerprint density at radius 3 is 3.06 bits per heavy atom. The highest BCUT2D eigenvalue weighted by Crippen LogP contribution is 2.20. The van der Waals surface area contributed by atoms with Crippen molar-refractivity contribution in [1.29, 1.82) is 0 Å². The Hall–Kier alpha value is -0.680. The van der Waals surface area contributed by atoms with Crippen molar-refractivity contribution in [3.63, 3.8) is 0 Å². The van der Waals surface area contributed by atoms with Gasteiger partial charge in [-0.05, 0) is 13.8 Å². The molecule has 0 N–H and O–H groups in total. The lowest BCUT2D eigenvalue weighted by molar-refractivity contribution is 0.0376. The van der Waals surface area contributed by atoms with E-state index >= 15 is 0 Å². The molecule has 1 aliphatic rings. The van der Waals surface area contributed by atoms with Gasteiger partial charge in [0.15, 0.2) is 0 Å². The van der Waals surface area contributed by atoms with Crippen molar-refractivity contribution >= 4 is 21.7 Å². The molecule has 0 aromatic carbocycles. The molecule has 1 aromatic rings. The van der Waals surface area contributed by atoms with Gasteiger partial charge in [0.05, 0.1) is 18.8 Å². The summed E-state index contributed by atoms with van der Waals surface area (Å²) < 4.78 is 5.69. The van der Waals surface area contributed by atoms with Crippen molar-refractivity contribution in [1.82, 2.24) is 9.97 Å². The predicted octanol–water partition coefficient (Wildman–Crippen LogP) is 1.77. The summed E-state index contributed by atoms with van der Waals surface area (Å²) in [6, 6.07) is 2.39. The fraction of sp³-hybridized carbons (Fsp3) is 0.636. The molecule has 1 fully saturated rings. The zero-order chi connectivity index (χ0) is 11.5. The van der Waals surface area contributed by atoms with Crippen LogP contribution in [0.2, 0.25) is 0 Å². The van der Waals surface area contributed by atoms with Gasteiger partial charge in [0.1, 0.15) is 12.1 Å². The Morgan fingerprint density at radius 2 is 2.38 bits per heavy atom. The number of hydrogen-bond acceptors (Lipinski definition) is 4. The molecule has 0 radical (unpaired) electrons. The van der Waals surface area contributed by atoms with Gasteiger partial charge in [0.25, 0.3) is 0 Å². The summed E-state index contributed by atoms with van der Waals surface area (Å²) in [5.41, 5.74) is 0.999. The number of alkyl halides is 1. The number of nitrogens with zero attached hydrogens (tertiary/aromatic N) is 3. The Labute approximate surface area is 104 Å². The molecule has 0 aliphatic carbocycles. The first kappa shape index (κ1) is 11.8. The number of morpholine rings is 1. The first-order valence-corrected chi connectivity index (χ1v) is 6.55. The molecular weight excluding hydrogens is 270 g/mol. The standard InChI is InChI=1S/C11H16BrN3O/c1-8-3-11(14-7-13-8)15-5-10(4-12)16-6-9(15)2/h3,7,9-10H,4-6H2,1-2H3. The number of rotatable bonds is 2. The first-order valence-electron chi connectivity index (χ1n) is 5.43. The maximum Gasteiger partial charge on any atom is 0.132 e. The van der Waals surface area contributed by atoms with Crippen molar-refractivity contribution < 1.29 is 4.74 Å². The number of aromatic nitrogens is 2. The van der Waals surface area contributed by atoms with Gasteiger partial charge in [-0.2, -0.15) is 0 Å². The molecule has 1 aromatic heterocycles. The summed E-state index contributed by atoms with van der Waals surface area (Å²) in [5, 5.41) is 0.861. The average Bonchev–Trinajstić information content (AvgIpc) is 2.30. The van der Waals surface area contributed by atoms with E-state index in [0.717, 1.165) is 30.0 Å². The summed E-state index contributed by atoms with van der Waals surface area (Å²) >= 11 is 3.46. The van der Waals surface area contributed by atoms with Crippen LogP contribution in [0.25, 0.3) is 0 Å². The summed E-state index contributed by atoms with van der Waals surface area (Å²) in [6.07, 6.45) is 1.86. The fourth-order valence-corrected chi connectivity index (χ4v) is 2.22. The SMILES string of the molecule is Cc1cc(N2CC(CBr)OCC2C)ncn1. The lowest BCUT2D eigenvalue weighted by atomic mass is 10.2. The molecule has 1 aliphatic heterocycles. The minimum absolute atomic E-state index is 0.242. The van der Waals surface area contributed by atoms with Crippen molar-refractivity contribution in [3.05, 3.63) is 18.1 Å². The van der Waals surface area contributed by atoms with Gasteiger partial charge in [0, 0.05) is 23.6 Å². The number of ether oxygens (including phenoxy) is 1. The zero-order valence-electron chi connectivity index (χ0n) is 9.56. The molecule has 2 heterocycles. The lowest BCUT2D eigenvalue weighted by Gasteiger charge is -2.38. The average molecular weight is 286 g/mol. The summed E-state index contributed by atoms with van der Waals surface area (Å²) in [7, 11) is 0. The molecule has 4 nitrogen and oxygen atoms in total. The van der Waals surface area contributed by atoms with Crippen LogP contribution in [0.5, 0.6) is 0 Å². The van der Waals surface area contributed by atoms with Crippen molar-refractivity contribution in [2.24, 2.45) is 0 Å². The van der Waals surface area contributed by atoms with Gasteiger partial charge in [-0.3, -0.25) is 0 Å². The largest absolute Gasteiger partial charge is 0.373 e. The van der Waals surface area contributed by atoms with E-state index in [9.17, 15) is 0 Å². The van der Waals surface area contributed by atoms with Crippen LogP contribution >= 0.6 is 15.9 Å². The van der Waals surface area contributed by atoms with Gasteiger partial charge < -0.3 is 9.64 Å². The Kier molecular flexibility index (Phi) is 3.76. The van der Waals surface area contributed by atoms with Gasteiger partial charge in [0.2, 0.25) is 0 Å². The molecule has 0 amide bonds. The normalized spacial score (nSPS) is 25.8. The van der Waals surface area contributed by atoms with Crippen LogP contribution in [0.3, 0.4) is 0 Å². The van der Waals surface area contributed by atoms with Crippen LogP contribution in [0, 0.1) is 6.92 Å². The number of aryl methyl sites for hydroxylation is 1. The highest BCUT2D eigenvalue weighted by Gasteiger charge is 2.26. The molecular formula is C11H16BrN3O. The Morgan fingerprint density at radius 1 is 1.56 bits per heavy atom. The molecule has 16 heavy (non-hydrogen) atoms. The lowest BCUT2D eigenvalue weighted by Crippen LogP contribution is -2.49. The monoisotopic (exact) mass is 285 g/mol. The smallest absolute Gasteiger partial charge is 0.132 e. The van der Waals surface area contributed by atoms with E-state index in [1.54, 1.807) is 6.33 Å². The summed E-state index contributed by atoms with van der Waals surface area (Å²) in [6.45, 7) is 5.77. The van der Waals surface area contributed by atoms with Crippen LogP contribution in [-0.2, 0) is 4.74 Å². The van der Waals surface area contributed by atoms with Gasteiger partial charge in [-0.1, -0.05) is 15.9 Å². The van der Waals surface area contributed by atoms with Crippen molar-refractivity contribution in [2.45, 2.75) is 26.0 Å². The third-order valence-electron chi connectivity index (χ3n) is 2.76. The molecule has 2 rings (SSSR count). The molecule has 1 saturated heterocycles. The van der Waals surface area contributed by atoms with Gasteiger partial charge >= 0.3 is 0 Å². The first-order chi connectivity index (χ1) is 7.70. The number of anilines is 1. The Balaban J connectivity index is 2.17. The number of hydrogen-bond donors (Lipinski definition) is 0. The molecule has 5 heteroatoms. The Bertz CT molecular complexity index is 361. The molecule has 2 atom stereocenters. The van der Waals surface area contributed by atoms with E-state index in [0.29, 0.717) is 6.04 Å². The molecule has 88 valence electrons. The third-order valence-corrected chi connectivity index (χ3v) is 3.48. The van der Waals surface area contributed by atoms with E-state index in [4.69, 9.17) is 4.74 Å². The van der Waals surface area contributed by atoms with Crippen LogP contribution in [0.1, 0.15) is 12.6 Å². The van der Waals surface area contributed by atoms with Crippen LogP contribution < -0.4 is 4.90 Å².